The largest absolute Gasteiger partial charge is 0.416 e. The van der Waals surface area contributed by atoms with Crippen LogP contribution < -0.4 is 0 Å². The number of benzene rings is 1. The highest BCUT2D eigenvalue weighted by Crippen LogP contribution is 2.34. The van der Waals surface area contributed by atoms with Gasteiger partial charge < -0.3 is 10.2 Å². The summed E-state index contributed by atoms with van der Waals surface area (Å²) < 4.78 is 37.5. The van der Waals surface area contributed by atoms with Crippen molar-refractivity contribution in [2.75, 3.05) is 6.54 Å². The van der Waals surface area contributed by atoms with Crippen LogP contribution in [0.4, 0.5) is 13.2 Å². The van der Waals surface area contributed by atoms with Crippen LogP contribution >= 0.6 is 15.9 Å². The monoisotopic (exact) mass is 353 g/mol. The Morgan fingerprint density at radius 1 is 1.35 bits per heavy atom. The molecule has 5 nitrogen and oxygen atoms in total. The van der Waals surface area contributed by atoms with Crippen molar-refractivity contribution in [3.63, 3.8) is 0 Å². The highest BCUT2D eigenvalue weighted by molar-refractivity contribution is 9.10. The zero-order valence-corrected chi connectivity index (χ0v) is 11.6. The van der Waals surface area contributed by atoms with Crippen LogP contribution in [0.1, 0.15) is 23.7 Å². The predicted octanol–water partition coefficient (Wildman–Crippen LogP) is 3.56. The normalized spacial score (nSPS) is 14.5. The molecule has 20 heavy (non-hydrogen) atoms. The molecule has 0 saturated heterocycles. The third-order valence-corrected chi connectivity index (χ3v) is 3.29. The molecule has 0 aliphatic rings. The lowest BCUT2D eigenvalue weighted by atomic mass is 10.0. The summed E-state index contributed by atoms with van der Waals surface area (Å²) in [5.41, 5.74) is 7.36. The van der Waals surface area contributed by atoms with Gasteiger partial charge in [0.25, 0.3) is 0 Å². The molecule has 0 aliphatic heterocycles. The van der Waals surface area contributed by atoms with E-state index in [1.54, 1.807) is 0 Å². The Morgan fingerprint density at radius 3 is 2.50 bits per heavy atom. The Balaban J connectivity index is 2.88. The number of rotatable bonds is 5. The molecule has 9 heteroatoms. The van der Waals surface area contributed by atoms with Gasteiger partial charge in [0.2, 0.25) is 0 Å². The molecule has 2 N–H and O–H groups in total. The van der Waals surface area contributed by atoms with Gasteiger partial charge in [-0.1, -0.05) is 27.1 Å². The maximum absolute atomic E-state index is 12.5. The van der Waals surface area contributed by atoms with Crippen molar-refractivity contribution in [3.8, 4) is 0 Å². The van der Waals surface area contributed by atoms with Crippen molar-refractivity contribution in [1.82, 2.24) is 0 Å². The van der Waals surface area contributed by atoms with Gasteiger partial charge in [-0.2, -0.15) is 13.2 Å². The molecule has 0 amide bonds. The van der Waals surface area contributed by atoms with Crippen LogP contribution in [0.15, 0.2) is 27.8 Å². The molecule has 110 valence electrons. The molecule has 0 bridgehead atoms. The maximum Gasteiger partial charge on any atom is 0.416 e. The first-order valence-corrected chi connectivity index (χ1v) is 6.30. The summed E-state index contributed by atoms with van der Waals surface area (Å²) in [5.74, 6) is 0. The third-order valence-electron chi connectivity index (χ3n) is 2.60. The lowest BCUT2D eigenvalue weighted by molar-refractivity contribution is -0.137. The first-order chi connectivity index (χ1) is 9.27. The van der Waals surface area contributed by atoms with Gasteiger partial charge in [0, 0.05) is 15.9 Å². The number of aliphatic hydroxyl groups excluding tert-OH is 2. The minimum absolute atomic E-state index is 0.00130. The molecule has 2 atom stereocenters. The molecule has 0 aromatic heterocycles. The smallest absolute Gasteiger partial charge is 0.390 e. The van der Waals surface area contributed by atoms with E-state index >= 15 is 0 Å². The van der Waals surface area contributed by atoms with E-state index in [9.17, 15) is 23.4 Å². The minimum Gasteiger partial charge on any atom is -0.390 e. The predicted molar refractivity (Wildman–Crippen MR) is 68.7 cm³/mol. The van der Waals surface area contributed by atoms with Crippen LogP contribution in [-0.4, -0.2) is 22.9 Å². The van der Waals surface area contributed by atoms with Gasteiger partial charge in [0.05, 0.1) is 11.7 Å². The van der Waals surface area contributed by atoms with E-state index in [-0.39, 0.29) is 23.0 Å². The molecule has 0 saturated carbocycles. The second kappa shape index (κ2) is 6.94. The molecule has 1 aromatic carbocycles. The molecule has 0 heterocycles. The van der Waals surface area contributed by atoms with Crippen molar-refractivity contribution in [2.24, 2.45) is 5.11 Å². The topological polar surface area (TPSA) is 89.2 Å². The average Bonchev–Trinajstić information content (AvgIpc) is 2.37. The van der Waals surface area contributed by atoms with Gasteiger partial charge in [0.15, 0.2) is 0 Å². The minimum atomic E-state index is -4.48. The number of halogens is 4. The average molecular weight is 354 g/mol. The summed E-state index contributed by atoms with van der Waals surface area (Å²) in [6, 6.07) is 2.75. The van der Waals surface area contributed by atoms with E-state index in [0.717, 1.165) is 18.2 Å². The van der Waals surface area contributed by atoms with Gasteiger partial charge in [-0.3, -0.25) is 0 Å². The Morgan fingerprint density at radius 2 is 2.00 bits per heavy atom. The first kappa shape index (κ1) is 16.8. The molecular weight excluding hydrogens is 343 g/mol. The molecule has 0 radical (unpaired) electrons. The van der Waals surface area contributed by atoms with Crippen molar-refractivity contribution in [3.05, 3.63) is 44.2 Å². The van der Waals surface area contributed by atoms with E-state index in [0.29, 0.717) is 0 Å². The molecule has 0 fully saturated rings. The Bertz CT molecular complexity index is 518. The van der Waals surface area contributed by atoms with E-state index < -0.39 is 23.9 Å². The number of nitrogens with zero attached hydrogens (tertiary/aromatic N) is 3. The van der Waals surface area contributed by atoms with Gasteiger partial charge >= 0.3 is 6.18 Å². The van der Waals surface area contributed by atoms with E-state index in [1.807, 2.05) is 0 Å². The number of azide groups is 1. The van der Waals surface area contributed by atoms with Crippen LogP contribution in [-0.2, 0) is 6.18 Å². The van der Waals surface area contributed by atoms with Crippen LogP contribution in [0.3, 0.4) is 0 Å². The third kappa shape index (κ3) is 4.38. The van der Waals surface area contributed by atoms with Crippen molar-refractivity contribution in [2.45, 2.75) is 24.8 Å². The lowest BCUT2D eigenvalue weighted by Crippen LogP contribution is -2.20. The second-order valence-corrected chi connectivity index (χ2v) is 4.84. The highest BCUT2D eigenvalue weighted by Gasteiger charge is 2.31. The quantitative estimate of drug-likeness (QED) is 0.481. The SMILES string of the molecule is [N-]=[N+]=NCCC(O)C(O)c1ccc(C(F)(F)F)cc1Br. The standard InChI is InChI=1S/C11H11BrF3N3O2/c12-8-5-6(11(13,14)15)1-2-7(8)10(20)9(19)3-4-17-18-16/h1-2,5,9-10,19-20H,3-4H2. The zero-order valence-electron chi connectivity index (χ0n) is 10.0. The molecule has 1 aromatic rings. The highest BCUT2D eigenvalue weighted by atomic mass is 79.9. The van der Waals surface area contributed by atoms with Gasteiger partial charge in [0.1, 0.15) is 6.10 Å². The van der Waals surface area contributed by atoms with Crippen molar-refractivity contribution < 1.29 is 23.4 Å². The molecule has 0 aliphatic carbocycles. The fraction of sp³-hybridized carbons (Fsp3) is 0.455. The summed E-state index contributed by atoms with van der Waals surface area (Å²) in [5, 5.41) is 22.7. The zero-order chi connectivity index (χ0) is 15.3. The van der Waals surface area contributed by atoms with E-state index in [4.69, 9.17) is 5.53 Å². The van der Waals surface area contributed by atoms with Gasteiger partial charge in [-0.25, -0.2) is 0 Å². The van der Waals surface area contributed by atoms with Crippen LogP contribution in [0, 0.1) is 0 Å². The molecule has 1 rings (SSSR count). The summed E-state index contributed by atoms with van der Waals surface area (Å²) >= 11 is 2.94. The van der Waals surface area contributed by atoms with Crippen LogP contribution in [0.2, 0.25) is 0 Å². The molecular formula is C11H11BrF3N3O2. The second-order valence-electron chi connectivity index (χ2n) is 3.99. The number of hydrogen-bond acceptors (Lipinski definition) is 3. The van der Waals surface area contributed by atoms with Crippen LogP contribution in [0.5, 0.6) is 0 Å². The summed E-state index contributed by atoms with van der Waals surface area (Å²) in [4.78, 5) is 2.49. The first-order valence-electron chi connectivity index (χ1n) is 5.51. The fourth-order valence-electron chi connectivity index (χ4n) is 1.54. The van der Waals surface area contributed by atoms with Crippen LogP contribution in [0.25, 0.3) is 10.4 Å². The Hall–Kier alpha value is -1.28. The van der Waals surface area contributed by atoms with E-state index in [1.165, 1.54) is 0 Å². The van der Waals surface area contributed by atoms with Gasteiger partial charge in [-0.05, 0) is 29.6 Å². The molecule has 0 spiro atoms. The summed E-state index contributed by atoms with van der Waals surface area (Å²) in [6.07, 6.45) is -7.10. The maximum atomic E-state index is 12.5. The van der Waals surface area contributed by atoms with Crippen molar-refractivity contribution in [1.29, 1.82) is 0 Å². The lowest BCUT2D eigenvalue weighted by Gasteiger charge is -2.19. The number of hydrogen-bond donors (Lipinski definition) is 2. The van der Waals surface area contributed by atoms with Gasteiger partial charge in [-0.15, -0.1) is 0 Å². The van der Waals surface area contributed by atoms with E-state index in [2.05, 4.69) is 26.0 Å². The summed E-state index contributed by atoms with van der Waals surface area (Å²) in [7, 11) is 0. The summed E-state index contributed by atoms with van der Waals surface area (Å²) in [6.45, 7) is -0.0209. The number of aliphatic hydroxyl groups is 2. The fourth-order valence-corrected chi connectivity index (χ4v) is 2.16. The molecule has 2 unspecified atom stereocenters. The number of alkyl halides is 3. The Labute approximate surface area is 120 Å². The van der Waals surface area contributed by atoms with Crippen molar-refractivity contribution >= 4 is 15.9 Å². The Kier molecular flexibility index (Phi) is 5.82.